The van der Waals surface area contributed by atoms with Gasteiger partial charge in [0.05, 0.1) is 18.8 Å². The van der Waals surface area contributed by atoms with Crippen LogP contribution in [0.2, 0.25) is 0 Å². The molecule has 1 fully saturated rings. The third-order valence-corrected chi connectivity index (χ3v) is 5.94. The molecule has 5 heteroatoms. The quantitative estimate of drug-likeness (QED) is 0.771. The van der Waals surface area contributed by atoms with Crippen molar-refractivity contribution in [2.75, 3.05) is 32.8 Å². The maximum absolute atomic E-state index is 6.37. The highest BCUT2D eigenvalue weighted by Crippen LogP contribution is 2.42. The predicted octanol–water partition coefficient (Wildman–Crippen LogP) is 4.41. The second kappa shape index (κ2) is 10.1. The molecule has 4 rings (SSSR count). The van der Waals surface area contributed by atoms with Crippen LogP contribution in [0.25, 0.3) is 0 Å². The highest BCUT2D eigenvalue weighted by Gasteiger charge is 2.44. The average molecular weight is 423 g/mol. The summed E-state index contributed by atoms with van der Waals surface area (Å²) in [5.41, 5.74) is 6.93. The molecule has 0 saturated carbocycles. The van der Waals surface area contributed by atoms with Gasteiger partial charge in [0, 0.05) is 26.2 Å². The number of hydrogen-bond donors (Lipinski definition) is 1. The maximum Gasteiger partial charge on any atom is 0.0718 e. The van der Waals surface area contributed by atoms with E-state index in [4.69, 9.17) is 4.74 Å². The van der Waals surface area contributed by atoms with E-state index in [0.717, 1.165) is 39.2 Å². The van der Waals surface area contributed by atoms with E-state index < -0.39 is 0 Å². The number of fused-ring (bicyclic) bond motifs is 1. The molecule has 0 spiro atoms. The van der Waals surface area contributed by atoms with Crippen LogP contribution < -0.4 is 5.32 Å². The van der Waals surface area contributed by atoms with Gasteiger partial charge in [-0.25, -0.2) is 0 Å². The van der Waals surface area contributed by atoms with Crippen LogP contribution in [-0.2, 0) is 23.3 Å². The fourth-order valence-electron chi connectivity index (χ4n) is 4.82. The molecule has 1 aliphatic heterocycles. The SMILES string of the molecule is Cc1cc(C)cc(COCC2(N3CCNCC3)CCc3ccccc32)c1.Cl.Cl. The Labute approximate surface area is 181 Å². The molecule has 0 radical (unpaired) electrons. The Morgan fingerprint density at radius 2 is 1.68 bits per heavy atom. The molecular formula is C23H32Cl2N2O. The molecule has 1 heterocycles. The highest BCUT2D eigenvalue weighted by molar-refractivity contribution is 5.85. The van der Waals surface area contributed by atoms with Crippen LogP contribution >= 0.6 is 24.8 Å². The van der Waals surface area contributed by atoms with Crippen molar-refractivity contribution in [3.8, 4) is 0 Å². The van der Waals surface area contributed by atoms with Gasteiger partial charge in [0.15, 0.2) is 0 Å². The second-order valence-electron chi connectivity index (χ2n) is 7.91. The summed E-state index contributed by atoms with van der Waals surface area (Å²) in [6.07, 6.45) is 2.33. The molecule has 2 aliphatic rings. The lowest BCUT2D eigenvalue weighted by Crippen LogP contribution is -2.55. The van der Waals surface area contributed by atoms with Crippen molar-refractivity contribution in [1.29, 1.82) is 0 Å². The molecule has 0 aromatic heterocycles. The van der Waals surface area contributed by atoms with Crippen LogP contribution in [0.15, 0.2) is 42.5 Å². The van der Waals surface area contributed by atoms with Crippen LogP contribution in [0, 0.1) is 13.8 Å². The first-order chi connectivity index (χ1) is 12.7. The first-order valence-corrected chi connectivity index (χ1v) is 9.86. The Balaban J connectivity index is 0.00000140. The van der Waals surface area contributed by atoms with Crippen LogP contribution in [0.1, 0.15) is 34.2 Å². The Morgan fingerprint density at radius 1 is 1.00 bits per heavy atom. The van der Waals surface area contributed by atoms with E-state index >= 15 is 0 Å². The van der Waals surface area contributed by atoms with Crippen molar-refractivity contribution < 1.29 is 4.74 Å². The van der Waals surface area contributed by atoms with E-state index in [2.05, 4.69) is 66.5 Å². The largest absolute Gasteiger partial charge is 0.374 e. The van der Waals surface area contributed by atoms with Crippen molar-refractivity contribution in [2.45, 2.75) is 38.8 Å². The van der Waals surface area contributed by atoms with Crippen molar-refractivity contribution in [3.63, 3.8) is 0 Å². The maximum atomic E-state index is 6.37. The molecule has 1 aliphatic carbocycles. The van der Waals surface area contributed by atoms with E-state index in [1.807, 2.05) is 0 Å². The highest BCUT2D eigenvalue weighted by atomic mass is 35.5. The van der Waals surface area contributed by atoms with Gasteiger partial charge < -0.3 is 10.1 Å². The molecule has 2 aromatic carbocycles. The molecule has 3 nitrogen and oxygen atoms in total. The minimum atomic E-state index is 0. The van der Waals surface area contributed by atoms with Crippen LogP contribution in [-0.4, -0.2) is 37.7 Å². The molecule has 154 valence electrons. The first kappa shape index (κ1) is 23.2. The zero-order valence-corrected chi connectivity index (χ0v) is 18.5. The number of piperazine rings is 1. The lowest BCUT2D eigenvalue weighted by atomic mass is 9.89. The van der Waals surface area contributed by atoms with Gasteiger partial charge in [-0.2, -0.15) is 0 Å². The lowest BCUT2D eigenvalue weighted by Gasteiger charge is -2.44. The van der Waals surface area contributed by atoms with E-state index in [9.17, 15) is 0 Å². The van der Waals surface area contributed by atoms with Crippen molar-refractivity contribution in [2.24, 2.45) is 0 Å². The number of nitrogens with one attached hydrogen (secondary N) is 1. The molecule has 1 unspecified atom stereocenters. The summed E-state index contributed by atoms with van der Waals surface area (Å²) in [7, 11) is 0. The normalized spacial score (nSPS) is 21.5. The van der Waals surface area contributed by atoms with E-state index in [0.29, 0.717) is 6.61 Å². The van der Waals surface area contributed by atoms with Gasteiger partial charge in [0.2, 0.25) is 0 Å². The lowest BCUT2D eigenvalue weighted by molar-refractivity contribution is -0.0240. The van der Waals surface area contributed by atoms with Gasteiger partial charge in [0.25, 0.3) is 0 Å². The van der Waals surface area contributed by atoms with Crippen molar-refractivity contribution >= 4 is 24.8 Å². The number of halogens is 2. The molecule has 0 bridgehead atoms. The monoisotopic (exact) mass is 422 g/mol. The third-order valence-electron chi connectivity index (χ3n) is 5.94. The summed E-state index contributed by atoms with van der Waals surface area (Å²) in [5.74, 6) is 0. The Kier molecular flexibility index (Phi) is 8.35. The van der Waals surface area contributed by atoms with Crippen molar-refractivity contribution in [1.82, 2.24) is 10.2 Å². The zero-order valence-electron chi connectivity index (χ0n) is 16.9. The van der Waals surface area contributed by atoms with Gasteiger partial charge in [0.1, 0.15) is 0 Å². The fraction of sp³-hybridized carbons (Fsp3) is 0.478. The van der Waals surface area contributed by atoms with Crippen LogP contribution in [0.4, 0.5) is 0 Å². The minimum Gasteiger partial charge on any atom is -0.374 e. The molecular weight excluding hydrogens is 391 g/mol. The Bertz CT molecular complexity index is 757. The van der Waals surface area contributed by atoms with Gasteiger partial charge in [-0.3, -0.25) is 4.90 Å². The van der Waals surface area contributed by atoms with Crippen molar-refractivity contribution in [3.05, 3.63) is 70.3 Å². The standard InChI is InChI=1S/C23H30N2O.2ClH/c1-18-13-19(2)15-20(14-18)16-26-17-23(25-11-9-24-10-12-25)8-7-21-5-3-4-6-22(21)23;;/h3-6,13-15,24H,7-12,16-17H2,1-2H3;2*1H. The second-order valence-corrected chi connectivity index (χ2v) is 7.91. The number of hydrogen-bond acceptors (Lipinski definition) is 3. The Hall–Kier alpha value is -1.10. The predicted molar refractivity (Wildman–Crippen MR) is 121 cm³/mol. The molecule has 1 saturated heterocycles. The molecule has 1 atom stereocenters. The minimum absolute atomic E-state index is 0. The van der Waals surface area contributed by atoms with Gasteiger partial charge >= 0.3 is 0 Å². The molecule has 1 N–H and O–H groups in total. The summed E-state index contributed by atoms with van der Waals surface area (Å²) in [4.78, 5) is 2.66. The van der Waals surface area contributed by atoms with E-state index in [1.54, 1.807) is 0 Å². The van der Waals surface area contributed by atoms with Gasteiger partial charge in [-0.05, 0) is 43.4 Å². The number of rotatable bonds is 5. The summed E-state index contributed by atoms with van der Waals surface area (Å²) >= 11 is 0. The summed E-state index contributed by atoms with van der Waals surface area (Å²) < 4.78 is 6.37. The number of benzene rings is 2. The topological polar surface area (TPSA) is 24.5 Å². The average Bonchev–Trinajstić information content (AvgIpc) is 3.02. The van der Waals surface area contributed by atoms with E-state index in [1.165, 1.54) is 34.2 Å². The first-order valence-electron chi connectivity index (χ1n) is 9.86. The molecule has 2 aromatic rings. The number of aryl methyl sites for hydroxylation is 3. The third kappa shape index (κ3) is 4.72. The number of nitrogens with zero attached hydrogens (tertiary/aromatic N) is 1. The smallest absolute Gasteiger partial charge is 0.0718 e. The summed E-state index contributed by atoms with van der Waals surface area (Å²) in [6, 6.07) is 15.7. The van der Waals surface area contributed by atoms with Crippen LogP contribution in [0.3, 0.4) is 0 Å². The zero-order chi connectivity index (χ0) is 18.0. The number of ether oxygens (including phenoxy) is 1. The Morgan fingerprint density at radius 3 is 2.39 bits per heavy atom. The summed E-state index contributed by atoms with van der Waals surface area (Å²) in [5, 5.41) is 3.49. The van der Waals surface area contributed by atoms with E-state index in [-0.39, 0.29) is 30.4 Å². The summed E-state index contributed by atoms with van der Waals surface area (Å²) in [6.45, 7) is 10.1. The van der Waals surface area contributed by atoms with Gasteiger partial charge in [-0.1, -0.05) is 53.6 Å². The van der Waals surface area contributed by atoms with Crippen LogP contribution in [0.5, 0.6) is 0 Å². The molecule has 0 amide bonds. The van der Waals surface area contributed by atoms with Gasteiger partial charge in [-0.15, -0.1) is 24.8 Å². The molecule has 28 heavy (non-hydrogen) atoms. The fourth-order valence-corrected chi connectivity index (χ4v) is 4.82.